The van der Waals surface area contributed by atoms with Crippen molar-refractivity contribution in [1.82, 2.24) is 10.2 Å². The minimum atomic E-state index is -1.39. The zero-order valence-electron chi connectivity index (χ0n) is 31.1. The summed E-state index contributed by atoms with van der Waals surface area (Å²) in [5, 5.41) is 11.9. The SMILES string of the molecule is CC1(C)COC(=O)C1OC(=O)C=Cc1ccc(C(=O)OC2CC(C(=O)N3CCCC3C(=O)NCCO)=CC3OC(c4ccccc4)(c4ccccc4)OC32)cc1. The average molecular weight is 765 g/mol. The summed E-state index contributed by atoms with van der Waals surface area (Å²) in [6, 6.07) is 24.5. The van der Waals surface area contributed by atoms with E-state index in [2.05, 4.69) is 5.32 Å². The van der Waals surface area contributed by atoms with Gasteiger partial charge in [0.2, 0.25) is 23.7 Å². The number of nitrogens with one attached hydrogen (secondary N) is 1. The van der Waals surface area contributed by atoms with Crippen molar-refractivity contribution < 1.29 is 52.8 Å². The molecule has 0 bridgehead atoms. The molecule has 1 aliphatic carbocycles. The predicted molar refractivity (Wildman–Crippen MR) is 200 cm³/mol. The Balaban J connectivity index is 1.13. The quantitative estimate of drug-likeness (QED) is 0.166. The van der Waals surface area contributed by atoms with Crippen LogP contribution in [0.15, 0.2) is 103 Å². The minimum absolute atomic E-state index is 0.00448. The highest BCUT2D eigenvalue weighted by atomic mass is 16.8. The van der Waals surface area contributed by atoms with E-state index in [0.29, 0.717) is 41.6 Å². The molecule has 0 saturated carbocycles. The van der Waals surface area contributed by atoms with Crippen molar-refractivity contribution in [3.63, 3.8) is 0 Å². The van der Waals surface area contributed by atoms with Crippen molar-refractivity contribution in [3.8, 4) is 0 Å². The monoisotopic (exact) mass is 764 g/mol. The molecule has 2 N–H and O–H groups in total. The molecule has 13 nitrogen and oxygen atoms in total. The van der Waals surface area contributed by atoms with E-state index in [9.17, 15) is 29.1 Å². The van der Waals surface area contributed by atoms with E-state index in [-0.39, 0.29) is 43.6 Å². The number of aliphatic hydroxyl groups excluding tert-OH is 1. The van der Waals surface area contributed by atoms with Crippen molar-refractivity contribution >= 4 is 35.8 Å². The number of fused-ring (bicyclic) bond motifs is 1. The first-order valence-electron chi connectivity index (χ1n) is 18.7. The van der Waals surface area contributed by atoms with Gasteiger partial charge in [0.15, 0.2) is 0 Å². The molecule has 56 heavy (non-hydrogen) atoms. The molecule has 3 aromatic carbocycles. The van der Waals surface area contributed by atoms with Gasteiger partial charge in [-0.3, -0.25) is 9.59 Å². The van der Waals surface area contributed by atoms with Crippen LogP contribution in [-0.2, 0) is 48.6 Å². The number of carbonyl (C=O) groups excluding carboxylic acids is 5. The first-order chi connectivity index (χ1) is 27.0. The van der Waals surface area contributed by atoms with Gasteiger partial charge in [-0.15, -0.1) is 0 Å². The Hall–Kier alpha value is -5.63. The summed E-state index contributed by atoms with van der Waals surface area (Å²) in [7, 11) is 0. The lowest BCUT2D eigenvalue weighted by atomic mass is 9.90. The van der Waals surface area contributed by atoms with Gasteiger partial charge in [-0.1, -0.05) is 86.6 Å². The number of esters is 3. The maximum absolute atomic E-state index is 14.2. The molecule has 3 aliphatic heterocycles. The molecular weight excluding hydrogens is 720 g/mol. The van der Waals surface area contributed by atoms with Crippen LogP contribution in [0, 0.1) is 5.41 Å². The molecule has 13 heteroatoms. The topological polar surface area (TPSA) is 167 Å². The second-order valence-electron chi connectivity index (χ2n) is 14.9. The lowest BCUT2D eigenvalue weighted by Gasteiger charge is -2.33. The molecule has 7 rings (SSSR count). The smallest absolute Gasteiger partial charge is 0.348 e. The summed E-state index contributed by atoms with van der Waals surface area (Å²) < 4.78 is 30.2. The van der Waals surface area contributed by atoms with E-state index in [1.165, 1.54) is 17.1 Å². The standard InChI is InChI=1S/C43H44N2O11/c1-42(2)26-52-41(51)37(42)54-35(47)20-17-27-15-18-28(19-16-27)40(50)53-33-24-29(39(49)45-22-9-14-32(45)38(48)44-21-23-46)25-34-36(33)56-43(55-34,30-10-5-3-6-11-30)31-12-7-4-8-13-31/h3-8,10-13,15-20,25,32-34,36-37,46H,9,14,21-24,26H2,1-2H3,(H,44,48). The molecule has 3 saturated heterocycles. The van der Waals surface area contributed by atoms with Gasteiger partial charge in [-0.25, -0.2) is 14.4 Å². The maximum atomic E-state index is 14.2. The number of likely N-dealkylation sites (tertiary alicyclic amines) is 1. The molecule has 3 aromatic rings. The summed E-state index contributed by atoms with van der Waals surface area (Å²) in [4.78, 5) is 67.0. The average Bonchev–Trinajstić information content (AvgIpc) is 3.93. The zero-order chi connectivity index (χ0) is 39.5. The summed E-state index contributed by atoms with van der Waals surface area (Å²) in [6.45, 7) is 3.94. The van der Waals surface area contributed by atoms with E-state index < -0.39 is 59.6 Å². The van der Waals surface area contributed by atoms with Crippen LogP contribution in [0.1, 0.15) is 60.2 Å². The van der Waals surface area contributed by atoms with Crippen LogP contribution in [0.4, 0.5) is 0 Å². The number of rotatable bonds is 11. The normalized spacial score (nSPS) is 24.9. The van der Waals surface area contributed by atoms with E-state index in [0.717, 1.165) is 0 Å². The number of cyclic esters (lactones) is 1. The number of benzene rings is 3. The van der Waals surface area contributed by atoms with Gasteiger partial charge in [0.25, 0.3) is 0 Å². The van der Waals surface area contributed by atoms with Crippen molar-refractivity contribution in [2.75, 3.05) is 26.3 Å². The van der Waals surface area contributed by atoms with Gasteiger partial charge in [-0.05, 0) is 42.7 Å². The van der Waals surface area contributed by atoms with Crippen LogP contribution < -0.4 is 5.32 Å². The van der Waals surface area contributed by atoms with Crippen LogP contribution in [0.25, 0.3) is 6.08 Å². The highest BCUT2D eigenvalue weighted by Crippen LogP contribution is 2.47. The molecule has 3 fully saturated rings. The van der Waals surface area contributed by atoms with E-state index in [1.807, 2.05) is 60.7 Å². The first kappa shape index (κ1) is 38.6. The van der Waals surface area contributed by atoms with Crippen molar-refractivity contribution in [1.29, 1.82) is 0 Å². The van der Waals surface area contributed by atoms with Gasteiger partial charge in [-0.2, -0.15) is 0 Å². The van der Waals surface area contributed by atoms with E-state index in [4.69, 9.17) is 23.7 Å². The molecule has 292 valence electrons. The number of nitrogens with zero attached hydrogens (tertiary/aromatic N) is 1. The highest BCUT2D eigenvalue weighted by Gasteiger charge is 2.55. The fourth-order valence-electron chi connectivity index (χ4n) is 7.54. The lowest BCUT2D eigenvalue weighted by Crippen LogP contribution is -2.49. The summed E-state index contributed by atoms with van der Waals surface area (Å²) in [5.41, 5.74) is 1.92. The van der Waals surface area contributed by atoms with E-state index >= 15 is 0 Å². The number of hydrogen-bond acceptors (Lipinski definition) is 11. The van der Waals surface area contributed by atoms with Gasteiger partial charge in [0.05, 0.1) is 12.2 Å². The van der Waals surface area contributed by atoms with Crippen LogP contribution in [0.2, 0.25) is 0 Å². The third-order valence-corrected chi connectivity index (χ3v) is 10.5. The van der Waals surface area contributed by atoms with Crippen molar-refractivity contribution in [2.24, 2.45) is 5.41 Å². The number of aliphatic hydroxyl groups is 1. The fourth-order valence-corrected chi connectivity index (χ4v) is 7.54. The maximum Gasteiger partial charge on any atom is 0.348 e. The van der Waals surface area contributed by atoms with Crippen LogP contribution in [0.3, 0.4) is 0 Å². The molecule has 3 heterocycles. The second kappa shape index (κ2) is 16.2. The predicted octanol–water partition coefficient (Wildman–Crippen LogP) is 3.83. The zero-order valence-corrected chi connectivity index (χ0v) is 31.1. The van der Waals surface area contributed by atoms with Gasteiger partial charge >= 0.3 is 17.9 Å². The largest absolute Gasteiger partial charge is 0.462 e. The summed E-state index contributed by atoms with van der Waals surface area (Å²) in [6.07, 6.45) is 1.95. The Morgan fingerprint density at radius 1 is 0.929 bits per heavy atom. The number of amides is 2. The fraction of sp³-hybridized carbons (Fsp3) is 0.372. The van der Waals surface area contributed by atoms with Gasteiger partial charge < -0.3 is 39.0 Å². The molecule has 5 atom stereocenters. The molecule has 5 unspecified atom stereocenters. The van der Waals surface area contributed by atoms with Crippen molar-refractivity contribution in [2.45, 2.75) is 69.4 Å². The number of ether oxygens (including phenoxy) is 5. The summed E-state index contributed by atoms with van der Waals surface area (Å²) in [5.74, 6) is -4.05. The third kappa shape index (κ3) is 7.88. The molecule has 2 amide bonds. The number of hydrogen-bond donors (Lipinski definition) is 2. The summed E-state index contributed by atoms with van der Waals surface area (Å²) >= 11 is 0. The molecule has 0 spiro atoms. The Bertz CT molecular complexity index is 1970. The second-order valence-corrected chi connectivity index (χ2v) is 14.9. The molecule has 4 aliphatic rings. The molecule has 0 radical (unpaired) electrons. The van der Waals surface area contributed by atoms with Gasteiger partial charge in [0, 0.05) is 47.7 Å². The van der Waals surface area contributed by atoms with Gasteiger partial charge in [0.1, 0.15) is 31.0 Å². The Morgan fingerprint density at radius 3 is 2.23 bits per heavy atom. The lowest BCUT2D eigenvalue weighted by molar-refractivity contribution is -0.159. The van der Waals surface area contributed by atoms with Crippen LogP contribution in [0.5, 0.6) is 0 Å². The third-order valence-electron chi connectivity index (χ3n) is 10.5. The first-order valence-corrected chi connectivity index (χ1v) is 18.7. The Labute approximate surface area is 324 Å². The van der Waals surface area contributed by atoms with Crippen LogP contribution in [-0.4, -0.2) is 96.5 Å². The molecule has 0 aromatic heterocycles. The van der Waals surface area contributed by atoms with Crippen molar-refractivity contribution in [3.05, 3.63) is 125 Å². The van der Waals surface area contributed by atoms with E-state index in [1.54, 1.807) is 44.2 Å². The highest BCUT2D eigenvalue weighted by molar-refractivity contribution is 5.98. The van der Waals surface area contributed by atoms with Crippen LogP contribution >= 0.6 is 0 Å². The minimum Gasteiger partial charge on any atom is -0.462 e. The molecular formula is C43H44N2O11. The Morgan fingerprint density at radius 2 is 1.61 bits per heavy atom. The number of carbonyl (C=O) groups is 5. The Kier molecular flexibility index (Phi) is 11.2.